The average molecular weight is 594 g/mol. The van der Waals surface area contributed by atoms with Gasteiger partial charge < -0.3 is 14.0 Å². The van der Waals surface area contributed by atoms with Crippen LogP contribution in [0.2, 0.25) is 0 Å². The van der Waals surface area contributed by atoms with Crippen LogP contribution in [0, 0.1) is 0 Å². The van der Waals surface area contributed by atoms with E-state index < -0.39 is 15.0 Å². The predicted octanol–water partition coefficient (Wildman–Crippen LogP) is 6.85. The van der Waals surface area contributed by atoms with Crippen molar-refractivity contribution in [3.05, 3.63) is 161 Å². The highest BCUT2D eigenvalue weighted by Crippen LogP contribution is 2.29. The molecule has 0 saturated heterocycles. The lowest BCUT2D eigenvalue weighted by atomic mass is 10.0. The van der Waals surface area contributed by atoms with E-state index in [2.05, 4.69) is 0 Å². The van der Waals surface area contributed by atoms with Crippen molar-refractivity contribution in [2.24, 2.45) is 0 Å². The van der Waals surface area contributed by atoms with E-state index in [0.717, 1.165) is 11.6 Å². The van der Waals surface area contributed by atoms with Gasteiger partial charge in [0.15, 0.2) is 11.6 Å². The van der Waals surface area contributed by atoms with Crippen LogP contribution in [0.25, 0.3) is 0 Å². The first kappa shape index (κ1) is 30.9. The quantitative estimate of drug-likeness (QED) is 0.122. The van der Waals surface area contributed by atoms with Gasteiger partial charge in [0.2, 0.25) is 0 Å². The standard InChI is InChI=1S/C34H26O7S.CH4/c35-33(26-7-3-1-4-8-26)28-15-11-24(12-16-28)22-40-30-19-20-31(32(21-30)42(37,38)39)41-23-25-13-17-29(18-14-25)34(36)27-9-5-2-6-10-27;/h1-21H,22-23H2,(H,37,38,39);1H4/p-1. The van der Waals surface area contributed by atoms with Crippen molar-refractivity contribution in [2.75, 3.05) is 0 Å². The summed E-state index contributed by atoms with van der Waals surface area (Å²) in [5.41, 5.74) is 3.63. The number of benzene rings is 5. The summed E-state index contributed by atoms with van der Waals surface area (Å²) >= 11 is 0. The molecular weight excluding hydrogens is 564 g/mol. The van der Waals surface area contributed by atoms with E-state index in [1.54, 1.807) is 97.1 Å². The molecule has 0 aromatic heterocycles. The van der Waals surface area contributed by atoms with Crippen LogP contribution in [0.4, 0.5) is 0 Å². The maximum absolute atomic E-state index is 12.6. The molecule has 0 saturated carbocycles. The Kier molecular flexibility index (Phi) is 9.87. The van der Waals surface area contributed by atoms with Crippen molar-refractivity contribution >= 4 is 21.7 Å². The summed E-state index contributed by atoms with van der Waals surface area (Å²) in [6, 6.07) is 35.5. The fraction of sp³-hybridized carbons (Fsp3) is 0.0857. The molecular formula is C35H29O7S-. The second kappa shape index (κ2) is 13.7. The Balaban J connectivity index is 0.00000423. The highest BCUT2D eigenvalue weighted by atomic mass is 32.2. The summed E-state index contributed by atoms with van der Waals surface area (Å²) in [4.78, 5) is 24.7. The zero-order chi connectivity index (χ0) is 29.5. The Morgan fingerprint density at radius 3 is 1.42 bits per heavy atom. The summed E-state index contributed by atoms with van der Waals surface area (Å²) in [7, 11) is -4.87. The van der Waals surface area contributed by atoms with Gasteiger partial charge >= 0.3 is 0 Å². The lowest BCUT2D eigenvalue weighted by Crippen LogP contribution is -2.06. The van der Waals surface area contributed by atoms with Crippen LogP contribution in [-0.4, -0.2) is 24.5 Å². The van der Waals surface area contributed by atoms with Crippen LogP contribution in [0.3, 0.4) is 0 Å². The van der Waals surface area contributed by atoms with Crippen molar-refractivity contribution in [3.8, 4) is 11.5 Å². The van der Waals surface area contributed by atoms with Crippen LogP contribution >= 0.6 is 0 Å². The van der Waals surface area contributed by atoms with Crippen LogP contribution in [0.1, 0.15) is 50.4 Å². The van der Waals surface area contributed by atoms with Gasteiger partial charge in [-0.25, -0.2) is 8.42 Å². The zero-order valence-corrected chi connectivity index (χ0v) is 23.1. The van der Waals surface area contributed by atoms with E-state index >= 15 is 0 Å². The number of carbonyl (C=O) groups is 2. The van der Waals surface area contributed by atoms with Gasteiger partial charge in [-0.15, -0.1) is 0 Å². The van der Waals surface area contributed by atoms with Crippen LogP contribution in [-0.2, 0) is 23.3 Å². The summed E-state index contributed by atoms with van der Waals surface area (Å²) in [5.74, 6) is -0.147. The number of ether oxygens (including phenoxy) is 2. The number of rotatable bonds is 11. The molecule has 5 rings (SSSR count). The molecule has 8 heteroatoms. The van der Waals surface area contributed by atoms with E-state index in [0.29, 0.717) is 27.8 Å². The first-order valence-electron chi connectivity index (χ1n) is 13.0. The molecule has 5 aromatic carbocycles. The fourth-order valence-corrected chi connectivity index (χ4v) is 4.87. The van der Waals surface area contributed by atoms with E-state index in [1.165, 1.54) is 12.1 Å². The molecule has 218 valence electrons. The molecule has 0 unspecified atom stereocenters. The van der Waals surface area contributed by atoms with Gasteiger partial charge in [-0.05, 0) is 23.3 Å². The number of hydrogen-bond acceptors (Lipinski definition) is 7. The molecule has 0 radical (unpaired) electrons. The predicted molar refractivity (Wildman–Crippen MR) is 162 cm³/mol. The second-order valence-corrected chi connectivity index (χ2v) is 10.8. The molecule has 7 nitrogen and oxygen atoms in total. The Hall–Kier alpha value is -5.05. The second-order valence-electron chi connectivity index (χ2n) is 9.42. The third kappa shape index (κ3) is 7.82. The van der Waals surface area contributed by atoms with Crippen molar-refractivity contribution in [1.82, 2.24) is 0 Å². The number of carbonyl (C=O) groups excluding carboxylic acids is 2. The minimum Gasteiger partial charge on any atom is -0.744 e. The molecule has 0 N–H and O–H groups in total. The summed E-state index contributed by atoms with van der Waals surface area (Å²) < 4.78 is 47.4. The van der Waals surface area contributed by atoms with Gasteiger partial charge in [0, 0.05) is 28.3 Å². The van der Waals surface area contributed by atoms with E-state index in [9.17, 15) is 22.6 Å². The molecule has 0 spiro atoms. The minimum absolute atomic E-state index is 0. The maximum Gasteiger partial charge on any atom is 0.193 e. The fourth-order valence-electron chi connectivity index (χ4n) is 4.24. The van der Waals surface area contributed by atoms with Gasteiger partial charge in [0.25, 0.3) is 0 Å². The maximum atomic E-state index is 12.6. The van der Waals surface area contributed by atoms with Gasteiger partial charge in [-0.3, -0.25) is 9.59 Å². The highest BCUT2D eigenvalue weighted by molar-refractivity contribution is 7.85. The third-order valence-corrected chi connectivity index (χ3v) is 7.35. The molecule has 0 fully saturated rings. The SMILES string of the molecule is C.O=C(c1ccccc1)c1ccc(COc2ccc(OCc3ccc(C(=O)c4ccccc4)cc3)c(S(=O)(=O)[O-])c2)cc1. The molecule has 0 aliphatic rings. The largest absolute Gasteiger partial charge is 0.744 e. The van der Waals surface area contributed by atoms with Crippen molar-refractivity contribution in [3.63, 3.8) is 0 Å². The summed E-state index contributed by atoms with van der Waals surface area (Å²) in [6.07, 6.45) is 0. The minimum atomic E-state index is -4.87. The monoisotopic (exact) mass is 593 g/mol. The van der Waals surface area contributed by atoms with Crippen molar-refractivity contribution < 1.29 is 32.0 Å². The van der Waals surface area contributed by atoms with E-state index in [1.807, 2.05) is 12.1 Å². The molecule has 0 aliphatic carbocycles. The first-order chi connectivity index (χ1) is 20.3. The first-order valence-corrected chi connectivity index (χ1v) is 14.4. The molecule has 0 heterocycles. The number of ketones is 2. The molecule has 5 aromatic rings. The van der Waals surface area contributed by atoms with Gasteiger partial charge in [0.05, 0.1) is 4.90 Å². The molecule has 0 aliphatic heterocycles. The van der Waals surface area contributed by atoms with Crippen LogP contribution in [0.15, 0.2) is 132 Å². The Morgan fingerprint density at radius 1 is 0.558 bits per heavy atom. The Labute approximate surface area is 251 Å². The van der Waals surface area contributed by atoms with E-state index in [4.69, 9.17) is 9.47 Å². The van der Waals surface area contributed by atoms with Gasteiger partial charge in [0.1, 0.15) is 34.8 Å². The Bertz CT molecular complexity index is 1800. The van der Waals surface area contributed by atoms with Crippen molar-refractivity contribution in [2.45, 2.75) is 25.5 Å². The topological polar surface area (TPSA) is 110 Å². The lowest BCUT2D eigenvalue weighted by Gasteiger charge is -2.16. The van der Waals surface area contributed by atoms with Crippen LogP contribution < -0.4 is 9.47 Å². The Morgan fingerprint density at radius 2 is 0.977 bits per heavy atom. The molecule has 0 atom stereocenters. The molecule has 43 heavy (non-hydrogen) atoms. The smallest absolute Gasteiger partial charge is 0.193 e. The zero-order valence-electron chi connectivity index (χ0n) is 22.3. The summed E-state index contributed by atoms with van der Waals surface area (Å²) in [5, 5.41) is 0. The van der Waals surface area contributed by atoms with Gasteiger partial charge in [-0.1, -0.05) is 117 Å². The highest BCUT2D eigenvalue weighted by Gasteiger charge is 2.14. The summed E-state index contributed by atoms with van der Waals surface area (Å²) in [6.45, 7) is 0.0724. The lowest BCUT2D eigenvalue weighted by molar-refractivity contribution is 0.103. The number of hydrogen-bond donors (Lipinski definition) is 0. The average Bonchev–Trinajstić information content (AvgIpc) is 3.03. The molecule has 0 bridgehead atoms. The van der Waals surface area contributed by atoms with Crippen LogP contribution in [0.5, 0.6) is 11.5 Å². The van der Waals surface area contributed by atoms with E-state index in [-0.39, 0.29) is 43.7 Å². The normalized spacial score (nSPS) is 10.8. The van der Waals surface area contributed by atoms with Crippen molar-refractivity contribution in [1.29, 1.82) is 0 Å². The third-order valence-electron chi connectivity index (χ3n) is 6.49. The van der Waals surface area contributed by atoms with Gasteiger partial charge in [-0.2, -0.15) is 0 Å². The molecule has 0 amide bonds.